The Morgan fingerprint density at radius 1 is 1.05 bits per heavy atom. The van der Waals surface area contributed by atoms with Gasteiger partial charge in [-0.15, -0.1) is 5.10 Å². The number of oxazole rings is 1. The first kappa shape index (κ1) is 22.9. The zero-order valence-corrected chi connectivity index (χ0v) is 22.1. The number of para-hydroxylation sites is 2. The molecule has 8 nitrogen and oxygen atoms in total. The Bertz CT molecular complexity index is 1840. The van der Waals surface area contributed by atoms with Gasteiger partial charge in [-0.1, -0.05) is 12.1 Å². The van der Waals surface area contributed by atoms with Gasteiger partial charge in [-0.25, -0.2) is 18.4 Å². The van der Waals surface area contributed by atoms with E-state index in [1.165, 1.54) is 23.3 Å². The molecular formula is C29H24FN7OS. The summed E-state index contributed by atoms with van der Waals surface area (Å²) in [6.45, 7) is 3.92. The number of piperidine rings is 1. The van der Waals surface area contributed by atoms with E-state index in [0.29, 0.717) is 5.92 Å². The average molecular weight is 538 g/mol. The molecule has 2 fully saturated rings. The maximum Gasteiger partial charge on any atom is 0.199 e. The molecule has 10 heteroatoms. The Balaban J connectivity index is 1.21. The number of aryl methyl sites for hydroxylation is 2. The SMILES string of the molecule is Cc1cc2c(cnn2-c2ccc(F)cc2)cc1C12CN(Sc3cnn(C)n3)CC1C2c1nc2ccccc2o1. The summed E-state index contributed by atoms with van der Waals surface area (Å²) < 4.78 is 24.1. The number of hydrogen-bond acceptors (Lipinski definition) is 7. The van der Waals surface area contributed by atoms with Crippen LogP contribution in [0.5, 0.6) is 0 Å². The van der Waals surface area contributed by atoms with E-state index in [0.717, 1.165) is 51.7 Å². The predicted molar refractivity (Wildman–Crippen MR) is 146 cm³/mol. The molecule has 194 valence electrons. The van der Waals surface area contributed by atoms with Crippen LogP contribution in [0.3, 0.4) is 0 Å². The van der Waals surface area contributed by atoms with E-state index in [1.807, 2.05) is 42.2 Å². The van der Waals surface area contributed by atoms with E-state index in [4.69, 9.17) is 9.40 Å². The molecule has 0 radical (unpaired) electrons. The van der Waals surface area contributed by atoms with E-state index < -0.39 is 0 Å². The van der Waals surface area contributed by atoms with E-state index in [1.54, 1.807) is 35.1 Å². The summed E-state index contributed by atoms with van der Waals surface area (Å²) in [6.07, 6.45) is 3.70. The zero-order chi connectivity index (χ0) is 26.3. The van der Waals surface area contributed by atoms with E-state index in [2.05, 4.69) is 38.7 Å². The number of aromatic nitrogens is 6. The van der Waals surface area contributed by atoms with Crippen LogP contribution in [0.15, 0.2) is 82.5 Å². The number of rotatable bonds is 5. The molecule has 2 aliphatic rings. The first-order chi connectivity index (χ1) is 19.0. The van der Waals surface area contributed by atoms with Gasteiger partial charge in [0.25, 0.3) is 0 Å². The number of nitrogens with zero attached hydrogens (tertiary/aromatic N) is 7. The quantitative estimate of drug-likeness (QED) is 0.272. The van der Waals surface area contributed by atoms with Crippen LogP contribution in [0.25, 0.3) is 27.7 Å². The molecule has 0 bridgehead atoms. The molecule has 0 amide bonds. The fourth-order valence-electron chi connectivity index (χ4n) is 6.48. The van der Waals surface area contributed by atoms with Crippen LogP contribution in [-0.4, -0.2) is 47.2 Å². The van der Waals surface area contributed by atoms with E-state index in [9.17, 15) is 4.39 Å². The van der Waals surface area contributed by atoms with Crippen molar-refractivity contribution in [1.82, 2.24) is 34.1 Å². The van der Waals surface area contributed by atoms with Gasteiger partial charge in [-0.3, -0.25) is 0 Å². The molecule has 6 aromatic rings. The smallest absolute Gasteiger partial charge is 0.199 e. The molecule has 0 N–H and O–H groups in total. The third-order valence-electron chi connectivity index (χ3n) is 8.21. The Kier molecular flexibility index (Phi) is 4.84. The van der Waals surface area contributed by atoms with Gasteiger partial charge in [0.1, 0.15) is 11.3 Å². The maximum absolute atomic E-state index is 13.5. The van der Waals surface area contributed by atoms with Crippen molar-refractivity contribution in [3.63, 3.8) is 0 Å². The van der Waals surface area contributed by atoms with Crippen LogP contribution in [0, 0.1) is 18.7 Å². The number of hydrogen-bond donors (Lipinski definition) is 0. The number of halogens is 1. The Morgan fingerprint density at radius 3 is 2.69 bits per heavy atom. The molecule has 0 spiro atoms. The summed E-state index contributed by atoms with van der Waals surface area (Å²) in [5.74, 6) is 1.10. The van der Waals surface area contributed by atoms with Gasteiger partial charge in [0.05, 0.1) is 29.5 Å². The topological polar surface area (TPSA) is 77.8 Å². The highest BCUT2D eigenvalue weighted by Gasteiger charge is 2.72. The first-order valence-electron chi connectivity index (χ1n) is 12.9. The molecule has 3 aromatic carbocycles. The van der Waals surface area contributed by atoms with Gasteiger partial charge in [0, 0.05) is 30.9 Å². The molecule has 1 aliphatic heterocycles. The van der Waals surface area contributed by atoms with Crippen LogP contribution < -0.4 is 0 Å². The lowest BCUT2D eigenvalue weighted by atomic mass is 9.88. The van der Waals surface area contributed by atoms with Gasteiger partial charge in [0.2, 0.25) is 0 Å². The van der Waals surface area contributed by atoms with Crippen LogP contribution in [0.4, 0.5) is 4.39 Å². The summed E-state index contributed by atoms with van der Waals surface area (Å²) in [4.78, 5) is 6.51. The van der Waals surface area contributed by atoms with Gasteiger partial charge < -0.3 is 4.42 Å². The molecule has 3 aromatic heterocycles. The van der Waals surface area contributed by atoms with Crippen molar-refractivity contribution >= 4 is 34.0 Å². The zero-order valence-electron chi connectivity index (χ0n) is 21.3. The van der Waals surface area contributed by atoms with Gasteiger partial charge in [-0.2, -0.15) is 15.0 Å². The highest BCUT2D eigenvalue weighted by molar-refractivity contribution is 7.97. The van der Waals surface area contributed by atoms with Crippen LogP contribution in [0.2, 0.25) is 0 Å². The highest BCUT2D eigenvalue weighted by Crippen LogP contribution is 2.70. The monoisotopic (exact) mass is 537 g/mol. The Hall–Kier alpha value is -4.02. The summed E-state index contributed by atoms with van der Waals surface area (Å²) in [5.41, 5.74) is 5.91. The lowest BCUT2D eigenvalue weighted by Gasteiger charge is -2.23. The molecule has 3 atom stereocenters. The summed E-state index contributed by atoms with van der Waals surface area (Å²) in [7, 11) is 1.83. The predicted octanol–water partition coefficient (Wildman–Crippen LogP) is 5.42. The number of benzene rings is 3. The standard InChI is InChI=1S/C29H24FN7OS/c1-17-11-24-18(13-32-37(24)20-9-7-19(30)8-10-20)12-21(17)29-16-36(39-26-14-31-35(2)34-26)15-22(29)27(29)28-33-23-5-3-4-6-25(23)38-28/h3-14,22,27H,15-16H2,1-2H3. The van der Waals surface area contributed by atoms with Crippen molar-refractivity contribution < 1.29 is 8.81 Å². The van der Waals surface area contributed by atoms with Gasteiger partial charge >= 0.3 is 0 Å². The summed E-state index contributed by atoms with van der Waals surface area (Å²) in [6, 6.07) is 18.9. The molecule has 39 heavy (non-hydrogen) atoms. The fraction of sp³-hybridized carbons (Fsp3) is 0.241. The molecule has 1 saturated carbocycles. The second-order valence-corrected chi connectivity index (χ2v) is 11.6. The molecule has 8 rings (SSSR count). The Labute approximate surface area is 227 Å². The Morgan fingerprint density at radius 2 is 1.90 bits per heavy atom. The molecular weight excluding hydrogens is 513 g/mol. The molecule has 1 aliphatic carbocycles. The number of fused-ring (bicyclic) bond motifs is 3. The molecule has 1 saturated heterocycles. The normalized spacial score (nSPS) is 22.6. The third-order valence-corrected chi connectivity index (χ3v) is 9.12. The van der Waals surface area contributed by atoms with Gasteiger partial charge in [-0.05, 0) is 84.4 Å². The second-order valence-electron chi connectivity index (χ2n) is 10.5. The van der Waals surface area contributed by atoms with Crippen molar-refractivity contribution in [3.05, 3.63) is 95.9 Å². The second kappa shape index (κ2) is 8.24. The van der Waals surface area contributed by atoms with Crippen molar-refractivity contribution in [2.24, 2.45) is 13.0 Å². The largest absolute Gasteiger partial charge is 0.440 e. The summed E-state index contributed by atoms with van der Waals surface area (Å²) in [5, 5.41) is 15.3. The van der Waals surface area contributed by atoms with Gasteiger partial charge in [0.15, 0.2) is 16.5 Å². The van der Waals surface area contributed by atoms with Crippen LogP contribution >= 0.6 is 11.9 Å². The van der Waals surface area contributed by atoms with E-state index >= 15 is 0 Å². The summed E-state index contributed by atoms with van der Waals surface area (Å²) >= 11 is 1.65. The van der Waals surface area contributed by atoms with Crippen molar-refractivity contribution in [3.8, 4) is 5.69 Å². The van der Waals surface area contributed by atoms with Crippen molar-refractivity contribution in [1.29, 1.82) is 0 Å². The third kappa shape index (κ3) is 3.48. The van der Waals surface area contributed by atoms with E-state index in [-0.39, 0.29) is 17.2 Å². The fourth-order valence-corrected chi connectivity index (χ4v) is 7.51. The molecule has 4 heterocycles. The highest BCUT2D eigenvalue weighted by atomic mass is 32.2. The first-order valence-corrected chi connectivity index (χ1v) is 13.7. The maximum atomic E-state index is 13.5. The average Bonchev–Trinajstić information content (AvgIpc) is 3.49. The lowest BCUT2D eigenvalue weighted by molar-refractivity contribution is 0.432. The van der Waals surface area contributed by atoms with Crippen molar-refractivity contribution in [2.75, 3.05) is 13.1 Å². The minimum atomic E-state index is -0.261. The minimum absolute atomic E-state index is 0.133. The lowest BCUT2D eigenvalue weighted by Crippen LogP contribution is -2.24. The van der Waals surface area contributed by atoms with Crippen LogP contribution in [0.1, 0.15) is 22.9 Å². The van der Waals surface area contributed by atoms with Crippen LogP contribution in [-0.2, 0) is 12.5 Å². The molecule has 3 unspecified atom stereocenters. The minimum Gasteiger partial charge on any atom is -0.440 e. The van der Waals surface area contributed by atoms with Crippen molar-refractivity contribution in [2.45, 2.75) is 23.3 Å².